The highest BCUT2D eigenvalue weighted by atomic mass is 32.1. The fraction of sp³-hybridized carbons (Fsp3) is 0.286. The second-order valence-corrected chi connectivity index (χ2v) is 5.86. The number of anilines is 3. The third-order valence-electron chi connectivity index (χ3n) is 3.16. The van der Waals surface area contributed by atoms with Crippen molar-refractivity contribution in [1.29, 1.82) is 0 Å². The Hall–Kier alpha value is -2.28. The zero-order valence-corrected chi connectivity index (χ0v) is 12.6. The molecule has 2 aromatic rings. The lowest BCUT2D eigenvalue weighted by molar-refractivity contribution is -0.118. The molecule has 4 N–H and O–H groups in total. The molecule has 1 atom stereocenters. The Morgan fingerprint density at radius 1 is 1.52 bits per heavy atom. The number of rotatable bonds is 3. The number of hydrogen-bond donors (Lipinski definition) is 3. The van der Waals surface area contributed by atoms with E-state index in [0.717, 1.165) is 16.4 Å². The van der Waals surface area contributed by atoms with Gasteiger partial charge in [-0.2, -0.15) is 0 Å². The summed E-state index contributed by atoms with van der Waals surface area (Å²) < 4.78 is 5.33. The van der Waals surface area contributed by atoms with E-state index in [2.05, 4.69) is 15.6 Å². The van der Waals surface area contributed by atoms with Gasteiger partial charge in [0.15, 0.2) is 6.61 Å². The Morgan fingerprint density at radius 2 is 2.33 bits per heavy atom. The van der Waals surface area contributed by atoms with Gasteiger partial charge in [0.25, 0.3) is 5.91 Å². The van der Waals surface area contributed by atoms with Gasteiger partial charge in [0, 0.05) is 17.1 Å². The van der Waals surface area contributed by atoms with Crippen molar-refractivity contribution >= 4 is 34.3 Å². The Bertz CT molecular complexity index is 698. The zero-order chi connectivity index (χ0) is 15.0. The Morgan fingerprint density at radius 3 is 3.05 bits per heavy atom. The number of amides is 1. The third kappa shape index (κ3) is 2.78. The second kappa shape index (κ2) is 5.25. The summed E-state index contributed by atoms with van der Waals surface area (Å²) in [4.78, 5) is 15.8. The van der Waals surface area contributed by atoms with E-state index in [4.69, 9.17) is 10.5 Å². The minimum Gasteiger partial charge on any atom is -0.482 e. The number of nitrogen functional groups attached to an aromatic ring is 1. The maximum absolute atomic E-state index is 11.4. The number of nitrogens with two attached hydrogens (primary N) is 1. The summed E-state index contributed by atoms with van der Waals surface area (Å²) in [5.41, 5.74) is 9.00. The highest BCUT2D eigenvalue weighted by molar-refractivity contribution is 7.09. The van der Waals surface area contributed by atoms with E-state index >= 15 is 0 Å². The molecule has 21 heavy (non-hydrogen) atoms. The van der Waals surface area contributed by atoms with Crippen molar-refractivity contribution in [2.75, 3.05) is 23.0 Å². The molecule has 0 aliphatic carbocycles. The van der Waals surface area contributed by atoms with Gasteiger partial charge in [0.1, 0.15) is 10.8 Å². The summed E-state index contributed by atoms with van der Waals surface area (Å²) in [5.74, 6) is 0.428. The van der Waals surface area contributed by atoms with E-state index in [1.807, 2.05) is 19.2 Å². The van der Waals surface area contributed by atoms with Crippen LogP contribution in [0.5, 0.6) is 5.75 Å². The van der Waals surface area contributed by atoms with Crippen molar-refractivity contribution in [3.63, 3.8) is 0 Å². The molecule has 110 valence electrons. The molecule has 0 bridgehead atoms. The van der Waals surface area contributed by atoms with Crippen LogP contribution in [0.3, 0.4) is 0 Å². The summed E-state index contributed by atoms with van der Waals surface area (Å²) in [6, 6.07) is 3.54. The topological polar surface area (TPSA) is 89.3 Å². The van der Waals surface area contributed by atoms with E-state index in [0.29, 0.717) is 17.1 Å². The number of benzene rings is 1. The van der Waals surface area contributed by atoms with Crippen molar-refractivity contribution < 1.29 is 9.53 Å². The van der Waals surface area contributed by atoms with E-state index < -0.39 is 0 Å². The molecular weight excluding hydrogens is 288 g/mol. The van der Waals surface area contributed by atoms with Crippen molar-refractivity contribution in [3.05, 3.63) is 28.2 Å². The molecular formula is C14H16N4O2S. The minimum absolute atomic E-state index is 0.0218. The quantitative estimate of drug-likeness (QED) is 0.758. The second-order valence-electron chi connectivity index (χ2n) is 4.97. The van der Waals surface area contributed by atoms with Gasteiger partial charge in [0.05, 0.1) is 23.1 Å². The summed E-state index contributed by atoms with van der Waals surface area (Å²) in [6.07, 6.45) is 0. The molecule has 0 fully saturated rings. The number of hydrogen-bond acceptors (Lipinski definition) is 6. The van der Waals surface area contributed by atoms with Crippen molar-refractivity contribution in [3.8, 4) is 5.75 Å². The van der Waals surface area contributed by atoms with Crippen LogP contribution in [-0.4, -0.2) is 17.5 Å². The predicted octanol–water partition coefficient (Wildman–Crippen LogP) is 2.54. The van der Waals surface area contributed by atoms with Crippen LogP contribution in [0.15, 0.2) is 17.5 Å². The van der Waals surface area contributed by atoms with Crippen LogP contribution < -0.4 is 21.1 Å². The number of fused-ring (bicyclic) bond motifs is 1. The summed E-state index contributed by atoms with van der Waals surface area (Å²) in [6.45, 7) is 4.01. The molecule has 1 aromatic heterocycles. The standard InChI is InChI=1S/C14H16N4O2S/c1-7-6-21-14(16-7)8(2)17-10-4-11-12(3-9(10)15)20-5-13(19)18-11/h3-4,6,8,17H,5,15H2,1-2H3,(H,18,19). The van der Waals surface area contributed by atoms with Crippen LogP contribution in [0.2, 0.25) is 0 Å². The predicted molar refractivity (Wildman–Crippen MR) is 83.9 cm³/mol. The lowest BCUT2D eigenvalue weighted by Gasteiger charge is -2.21. The van der Waals surface area contributed by atoms with Gasteiger partial charge in [-0.25, -0.2) is 4.98 Å². The smallest absolute Gasteiger partial charge is 0.262 e. The van der Waals surface area contributed by atoms with Crippen LogP contribution in [-0.2, 0) is 4.79 Å². The van der Waals surface area contributed by atoms with Crippen LogP contribution >= 0.6 is 11.3 Å². The minimum atomic E-state index is -0.165. The number of carbonyl (C=O) groups excluding carboxylic acids is 1. The summed E-state index contributed by atoms with van der Waals surface area (Å²) >= 11 is 1.60. The Labute approximate surface area is 126 Å². The van der Waals surface area contributed by atoms with Gasteiger partial charge >= 0.3 is 0 Å². The molecule has 6 nitrogen and oxygen atoms in total. The molecule has 1 amide bonds. The molecule has 2 heterocycles. The van der Waals surface area contributed by atoms with Gasteiger partial charge < -0.3 is 21.1 Å². The maximum atomic E-state index is 11.4. The van der Waals surface area contributed by atoms with Crippen molar-refractivity contribution in [2.24, 2.45) is 0 Å². The van der Waals surface area contributed by atoms with Crippen LogP contribution in [0.4, 0.5) is 17.1 Å². The highest BCUT2D eigenvalue weighted by Crippen LogP contribution is 2.36. The lowest BCUT2D eigenvalue weighted by atomic mass is 10.2. The lowest BCUT2D eigenvalue weighted by Crippen LogP contribution is -2.25. The number of thiazole rings is 1. The monoisotopic (exact) mass is 304 g/mol. The van der Waals surface area contributed by atoms with Gasteiger partial charge in [-0.15, -0.1) is 11.3 Å². The number of aromatic nitrogens is 1. The Balaban J connectivity index is 1.85. The molecule has 0 spiro atoms. The summed E-state index contributed by atoms with van der Waals surface area (Å²) in [7, 11) is 0. The molecule has 1 unspecified atom stereocenters. The average Bonchev–Trinajstić information content (AvgIpc) is 2.87. The summed E-state index contributed by atoms with van der Waals surface area (Å²) in [5, 5.41) is 9.10. The number of aryl methyl sites for hydroxylation is 1. The van der Waals surface area contributed by atoms with Gasteiger partial charge in [-0.05, 0) is 19.9 Å². The van der Waals surface area contributed by atoms with E-state index in [9.17, 15) is 4.79 Å². The highest BCUT2D eigenvalue weighted by Gasteiger charge is 2.19. The van der Waals surface area contributed by atoms with Crippen molar-refractivity contribution in [2.45, 2.75) is 19.9 Å². The molecule has 1 aromatic carbocycles. The van der Waals surface area contributed by atoms with Gasteiger partial charge in [0.2, 0.25) is 0 Å². The largest absolute Gasteiger partial charge is 0.482 e. The molecule has 1 aliphatic rings. The van der Waals surface area contributed by atoms with Crippen molar-refractivity contribution in [1.82, 2.24) is 4.98 Å². The molecule has 3 rings (SSSR count). The first-order chi connectivity index (χ1) is 10.0. The van der Waals surface area contributed by atoms with E-state index in [1.165, 1.54) is 0 Å². The van der Waals surface area contributed by atoms with E-state index in [1.54, 1.807) is 23.5 Å². The Kier molecular flexibility index (Phi) is 3.42. The molecule has 1 aliphatic heterocycles. The average molecular weight is 304 g/mol. The first-order valence-electron chi connectivity index (χ1n) is 6.57. The number of ether oxygens (including phenoxy) is 1. The van der Waals surface area contributed by atoms with Crippen LogP contribution in [0, 0.1) is 6.92 Å². The van der Waals surface area contributed by atoms with Gasteiger partial charge in [-0.1, -0.05) is 0 Å². The fourth-order valence-corrected chi connectivity index (χ4v) is 2.94. The zero-order valence-electron chi connectivity index (χ0n) is 11.8. The third-order valence-corrected chi connectivity index (χ3v) is 4.31. The molecule has 7 heteroatoms. The van der Waals surface area contributed by atoms with Crippen LogP contribution in [0.1, 0.15) is 23.7 Å². The number of carbonyl (C=O) groups is 1. The SMILES string of the molecule is Cc1csc(C(C)Nc2cc3c(cc2N)OCC(=O)N3)n1. The molecule has 0 saturated heterocycles. The molecule has 0 radical (unpaired) electrons. The fourth-order valence-electron chi connectivity index (χ4n) is 2.13. The number of nitrogens with zero attached hydrogens (tertiary/aromatic N) is 1. The molecule has 0 saturated carbocycles. The first kappa shape index (κ1) is 13.7. The van der Waals surface area contributed by atoms with Gasteiger partial charge in [-0.3, -0.25) is 4.79 Å². The maximum Gasteiger partial charge on any atom is 0.262 e. The number of nitrogens with one attached hydrogen (secondary N) is 2. The normalized spacial score (nSPS) is 14.9. The first-order valence-corrected chi connectivity index (χ1v) is 7.45. The van der Waals surface area contributed by atoms with Crippen LogP contribution in [0.25, 0.3) is 0 Å². The van der Waals surface area contributed by atoms with E-state index in [-0.39, 0.29) is 18.6 Å².